The maximum absolute atomic E-state index is 2.41. The van der Waals surface area contributed by atoms with E-state index in [1.54, 1.807) is 0 Å². The fourth-order valence-electron chi connectivity index (χ4n) is 3.53. The van der Waals surface area contributed by atoms with Gasteiger partial charge in [-0.1, -0.05) is 87.6 Å². The number of hydrogen-bond donors (Lipinski definition) is 0. The van der Waals surface area contributed by atoms with E-state index < -0.39 is 0 Å². The lowest BCUT2D eigenvalue weighted by Gasteiger charge is -2.05. The Morgan fingerprint density at radius 1 is 0.750 bits per heavy atom. The number of aromatic nitrogens is 1. The molecule has 0 bridgehead atoms. The van der Waals surface area contributed by atoms with Gasteiger partial charge in [-0.25, -0.2) is 0 Å². The Balaban J connectivity index is 1.69. The van der Waals surface area contributed by atoms with Crippen LogP contribution in [0.4, 0.5) is 0 Å². The molecule has 1 nitrogen and oxygen atoms in total. The molecule has 0 aliphatic carbocycles. The van der Waals surface area contributed by atoms with Crippen molar-refractivity contribution in [1.29, 1.82) is 0 Å². The number of unbranched alkanes of at least 4 members (excludes halogenated alkanes) is 5. The minimum atomic E-state index is 0.956. The van der Waals surface area contributed by atoms with Crippen LogP contribution in [0.15, 0.2) is 60.8 Å². The van der Waals surface area contributed by atoms with Crippen molar-refractivity contribution >= 4 is 10.9 Å². The Bertz CT molecular complexity index is 739. The number of rotatable bonds is 9. The van der Waals surface area contributed by atoms with E-state index in [9.17, 15) is 0 Å². The molecule has 1 aromatic heterocycles. The Morgan fingerprint density at radius 2 is 1.46 bits per heavy atom. The average Bonchev–Trinajstić information content (AvgIpc) is 2.97. The van der Waals surface area contributed by atoms with E-state index in [1.165, 1.54) is 67.0 Å². The Morgan fingerprint density at radius 3 is 2.29 bits per heavy atom. The van der Waals surface area contributed by atoms with Gasteiger partial charge in [0, 0.05) is 23.6 Å². The van der Waals surface area contributed by atoms with Gasteiger partial charge in [0.15, 0.2) is 0 Å². The van der Waals surface area contributed by atoms with Crippen molar-refractivity contribution in [3.63, 3.8) is 0 Å². The van der Waals surface area contributed by atoms with Gasteiger partial charge in [0.05, 0.1) is 0 Å². The van der Waals surface area contributed by atoms with Gasteiger partial charge in [-0.3, -0.25) is 0 Å². The van der Waals surface area contributed by atoms with Crippen LogP contribution < -0.4 is 0 Å². The highest BCUT2D eigenvalue weighted by Gasteiger charge is 2.08. The third-order valence-electron chi connectivity index (χ3n) is 4.87. The maximum atomic E-state index is 2.41. The summed E-state index contributed by atoms with van der Waals surface area (Å²) < 4.78 is 2.41. The predicted octanol–water partition coefficient (Wildman–Crippen LogP) is 6.59. The molecule has 24 heavy (non-hydrogen) atoms. The van der Waals surface area contributed by atoms with Crippen LogP contribution in [-0.4, -0.2) is 4.57 Å². The molecule has 0 aliphatic rings. The van der Waals surface area contributed by atoms with Crippen molar-refractivity contribution < 1.29 is 0 Å². The van der Waals surface area contributed by atoms with E-state index in [2.05, 4.69) is 72.3 Å². The molecule has 1 heteroatoms. The fraction of sp³-hybridized carbons (Fsp3) is 0.391. The molecule has 1 heterocycles. The molecule has 3 aromatic rings. The highest BCUT2D eigenvalue weighted by Crippen LogP contribution is 2.24. The molecule has 0 N–H and O–H groups in total. The smallest absolute Gasteiger partial charge is 0.0486 e. The molecule has 0 atom stereocenters. The van der Waals surface area contributed by atoms with Gasteiger partial charge in [-0.2, -0.15) is 0 Å². The Labute approximate surface area is 146 Å². The minimum Gasteiger partial charge on any atom is -0.343 e. The van der Waals surface area contributed by atoms with Crippen LogP contribution in [0.2, 0.25) is 0 Å². The van der Waals surface area contributed by atoms with Gasteiger partial charge in [-0.05, 0) is 30.0 Å². The molecule has 0 amide bonds. The van der Waals surface area contributed by atoms with Crippen molar-refractivity contribution in [2.75, 3.05) is 0 Å². The first kappa shape index (κ1) is 16.8. The molecule has 0 aliphatic heterocycles. The molecule has 2 aromatic carbocycles. The van der Waals surface area contributed by atoms with Crippen LogP contribution in [0.3, 0.4) is 0 Å². The summed E-state index contributed by atoms with van der Waals surface area (Å²) in [6.45, 7) is 3.24. The van der Waals surface area contributed by atoms with Crippen molar-refractivity contribution in [2.24, 2.45) is 0 Å². The number of aryl methyl sites for hydroxylation is 1. The highest BCUT2D eigenvalue weighted by atomic mass is 15.0. The largest absolute Gasteiger partial charge is 0.343 e. The molecule has 3 rings (SSSR count). The van der Waals surface area contributed by atoms with Crippen molar-refractivity contribution in [3.8, 4) is 0 Å². The zero-order valence-electron chi connectivity index (χ0n) is 14.9. The van der Waals surface area contributed by atoms with Crippen LogP contribution >= 0.6 is 0 Å². The summed E-state index contributed by atoms with van der Waals surface area (Å²) >= 11 is 0. The first-order valence-electron chi connectivity index (χ1n) is 9.49. The van der Waals surface area contributed by atoms with Crippen LogP contribution in [0.25, 0.3) is 10.9 Å². The van der Waals surface area contributed by atoms with Gasteiger partial charge in [-0.15, -0.1) is 0 Å². The second-order valence-corrected chi connectivity index (χ2v) is 6.80. The fourth-order valence-corrected chi connectivity index (χ4v) is 3.53. The molecule has 0 fully saturated rings. The van der Waals surface area contributed by atoms with Crippen molar-refractivity contribution in [2.45, 2.75) is 58.4 Å². The number of para-hydroxylation sites is 1. The summed E-state index contributed by atoms with van der Waals surface area (Å²) in [5.41, 5.74) is 4.24. The van der Waals surface area contributed by atoms with Crippen molar-refractivity contribution in [3.05, 3.63) is 71.9 Å². The first-order chi connectivity index (χ1) is 11.9. The molecular formula is C23H29N. The number of benzene rings is 2. The van der Waals surface area contributed by atoms with Gasteiger partial charge >= 0.3 is 0 Å². The van der Waals surface area contributed by atoms with Crippen molar-refractivity contribution in [1.82, 2.24) is 4.57 Å². The topological polar surface area (TPSA) is 4.93 Å². The van der Waals surface area contributed by atoms with Gasteiger partial charge in [0.25, 0.3) is 0 Å². The standard InChI is InChI=1S/C23H29N/c1-2-3-4-5-6-10-15-21-19-24(18-20-13-8-7-9-14-20)23-17-12-11-16-22(21)23/h7-9,11-14,16-17,19H,2-6,10,15,18H2,1H3. The third-order valence-corrected chi connectivity index (χ3v) is 4.87. The van der Waals surface area contributed by atoms with E-state index >= 15 is 0 Å². The average molecular weight is 319 g/mol. The third kappa shape index (κ3) is 4.29. The highest BCUT2D eigenvalue weighted by molar-refractivity contribution is 5.84. The molecule has 0 spiro atoms. The summed E-state index contributed by atoms with van der Waals surface area (Å²) in [7, 11) is 0. The van der Waals surface area contributed by atoms with E-state index in [0.29, 0.717) is 0 Å². The Hall–Kier alpha value is -2.02. The molecule has 0 saturated heterocycles. The molecule has 0 saturated carbocycles. The van der Waals surface area contributed by atoms with E-state index in [-0.39, 0.29) is 0 Å². The monoisotopic (exact) mass is 319 g/mol. The molecule has 0 radical (unpaired) electrons. The normalized spacial score (nSPS) is 11.2. The van der Waals surface area contributed by atoms with Gasteiger partial charge in [0.1, 0.15) is 0 Å². The maximum Gasteiger partial charge on any atom is 0.0486 e. The zero-order valence-corrected chi connectivity index (χ0v) is 14.9. The summed E-state index contributed by atoms with van der Waals surface area (Å²) in [5, 5.41) is 1.43. The van der Waals surface area contributed by atoms with Gasteiger partial charge in [0.2, 0.25) is 0 Å². The summed E-state index contributed by atoms with van der Waals surface area (Å²) in [6.07, 6.45) is 11.7. The SMILES string of the molecule is CCCCCCCCc1cn(Cc2ccccc2)c2ccccc12. The molecule has 0 unspecified atom stereocenters. The number of fused-ring (bicyclic) bond motifs is 1. The summed E-state index contributed by atoms with van der Waals surface area (Å²) in [6, 6.07) is 19.6. The van der Waals surface area contributed by atoms with Crippen LogP contribution in [-0.2, 0) is 13.0 Å². The summed E-state index contributed by atoms with van der Waals surface area (Å²) in [5.74, 6) is 0. The lowest BCUT2D eigenvalue weighted by Crippen LogP contribution is -1.97. The molecule has 126 valence electrons. The summed E-state index contributed by atoms with van der Waals surface area (Å²) in [4.78, 5) is 0. The lowest BCUT2D eigenvalue weighted by molar-refractivity contribution is 0.608. The van der Waals surface area contributed by atoms with Crippen LogP contribution in [0, 0.1) is 0 Å². The van der Waals surface area contributed by atoms with Crippen LogP contribution in [0.1, 0.15) is 56.6 Å². The first-order valence-corrected chi connectivity index (χ1v) is 9.49. The van der Waals surface area contributed by atoms with Crippen LogP contribution in [0.5, 0.6) is 0 Å². The second-order valence-electron chi connectivity index (χ2n) is 6.80. The predicted molar refractivity (Wildman–Crippen MR) is 105 cm³/mol. The number of hydrogen-bond acceptors (Lipinski definition) is 0. The Kier molecular flexibility index (Phi) is 6.12. The van der Waals surface area contributed by atoms with Gasteiger partial charge < -0.3 is 4.57 Å². The van der Waals surface area contributed by atoms with E-state index in [0.717, 1.165) is 6.54 Å². The lowest BCUT2D eigenvalue weighted by atomic mass is 10.0. The number of nitrogens with zero attached hydrogens (tertiary/aromatic N) is 1. The quantitative estimate of drug-likeness (QED) is 0.392. The second kappa shape index (κ2) is 8.73. The van der Waals surface area contributed by atoms with E-state index in [1.807, 2.05) is 0 Å². The minimum absolute atomic E-state index is 0.956. The van der Waals surface area contributed by atoms with E-state index in [4.69, 9.17) is 0 Å². The molecular weight excluding hydrogens is 290 g/mol. The zero-order chi connectivity index (χ0) is 16.6.